The van der Waals surface area contributed by atoms with Gasteiger partial charge in [0.05, 0.1) is 12.7 Å². The minimum absolute atomic E-state index is 0. The van der Waals surface area contributed by atoms with Gasteiger partial charge in [-0.15, -0.1) is 24.0 Å². The average molecular weight is 377 g/mol. The van der Waals surface area contributed by atoms with Crippen LogP contribution < -0.4 is 5.73 Å². The predicted octanol–water partition coefficient (Wildman–Crippen LogP) is 1.89. The van der Waals surface area contributed by atoms with Crippen LogP contribution in [0.25, 0.3) is 0 Å². The lowest BCUT2D eigenvalue weighted by Gasteiger charge is -2.31. The first kappa shape index (κ1) is 16.3. The lowest BCUT2D eigenvalue weighted by atomic mass is 10.00. The number of hydrogen-bond donors (Lipinski definition) is 1. The Bertz CT molecular complexity index is 432. The molecule has 1 saturated heterocycles. The number of aliphatic imine (C=N–C) groups is 1. The van der Waals surface area contributed by atoms with Gasteiger partial charge in [-0.05, 0) is 25.7 Å². The largest absolute Gasteiger partial charge is 0.370 e. The molecule has 0 spiro atoms. The molecule has 1 aromatic rings. The first-order valence-corrected chi connectivity index (χ1v) is 6.60. The van der Waals surface area contributed by atoms with E-state index in [2.05, 4.69) is 28.8 Å². The Hall–Kier alpha value is -0.790. The lowest BCUT2D eigenvalue weighted by Crippen LogP contribution is -2.42. The van der Waals surface area contributed by atoms with Gasteiger partial charge < -0.3 is 10.6 Å². The van der Waals surface area contributed by atoms with E-state index in [0.717, 1.165) is 30.3 Å². The van der Waals surface area contributed by atoms with E-state index < -0.39 is 0 Å². The van der Waals surface area contributed by atoms with Crippen LogP contribution in [-0.4, -0.2) is 33.7 Å². The third-order valence-electron chi connectivity index (χ3n) is 3.86. The van der Waals surface area contributed by atoms with Crippen molar-refractivity contribution >= 4 is 29.9 Å². The maximum Gasteiger partial charge on any atom is 0.191 e. The molecular weight excluding hydrogens is 353 g/mol. The monoisotopic (exact) mass is 377 g/mol. The molecule has 0 atom stereocenters. The number of halogens is 1. The Kier molecular flexibility index (Phi) is 6.09. The summed E-state index contributed by atoms with van der Waals surface area (Å²) in [6.07, 6.45) is 4.29. The van der Waals surface area contributed by atoms with Crippen LogP contribution >= 0.6 is 24.0 Å². The molecular formula is C13H24IN5. The molecule has 1 aliphatic rings. The molecule has 6 heteroatoms. The summed E-state index contributed by atoms with van der Waals surface area (Å²) in [4.78, 5) is 6.67. The maximum absolute atomic E-state index is 6.05. The first-order chi connectivity index (χ1) is 8.58. The molecule has 19 heavy (non-hydrogen) atoms. The number of aryl methyl sites for hydroxylation is 1. The molecule has 108 valence electrons. The molecule has 1 aliphatic heterocycles. The van der Waals surface area contributed by atoms with Crippen LogP contribution in [0, 0.1) is 12.8 Å². The molecule has 0 aromatic carbocycles. The quantitative estimate of drug-likeness (QED) is 0.487. The molecule has 1 aromatic heterocycles. The highest BCUT2D eigenvalue weighted by Crippen LogP contribution is 2.15. The highest BCUT2D eigenvalue weighted by atomic mass is 127. The van der Waals surface area contributed by atoms with Crippen LogP contribution in [0.1, 0.15) is 31.0 Å². The molecule has 0 radical (unpaired) electrons. The van der Waals surface area contributed by atoms with E-state index in [1.54, 1.807) is 0 Å². The first-order valence-electron chi connectivity index (χ1n) is 6.60. The van der Waals surface area contributed by atoms with Gasteiger partial charge in [0.15, 0.2) is 5.96 Å². The summed E-state index contributed by atoms with van der Waals surface area (Å²) in [5.41, 5.74) is 8.34. The van der Waals surface area contributed by atoms with Gasteiger partial charge in [0.25, 0.3) is 0 Å². The molecule has 0 saturated carbocycles. The molecule has 2 rings (SSSR count). The van der Waals surface area contributed by atoms with Gasteiger partial charge in [-0.2, -0.15) is 5.10 Å². The number of aromatic nitrogens is 2. The van der Waals surface area contributed by atoms with E-state index in [1.807, 2.05) is 17.9 Å². The maximum atomic E-state index is 6.05. The Morgan fingerprint density at radius 3 is 2.63 bits per heavy atom. The van der Waals surface area contributed by atoms with Crippen LogP contribution in [0.4, 0.5) is 0 Å². The Balaban J connectivity index is 0.00000180. The highest BCUT2D eigenvalue weighted by Gasteiger charge is 2.16. The van der Waals surface area contributed by atoms with Gasteiger partial charge in [0.2, 0.25) is 0 Å². The second-order valence-electron chi connectivity index (χ2n) is 5.22. The normalized spacial score (nSPS) is 17.4. The van der Waals surface area contributed by atoms with Crippen molar-refractivity contribution in [1.82, 2.24) is 14.7 Å². The average Bonchev–Trinajstić information content (AvgIpc) is 2.68. The fourth-order valence-electron chi connectivity index (χ4n) is 2.20. The van der Waals surface area contributed by atoms with Crippen LogP contribution in [0.2, 0.25) is 0 Å². The van der Waals surface area contributed by atoms with Crippen molar-refractivity contribution in [2.45, 2.75) is 33.2 Å². The summed E-state index contributed by atoms with van der Waals surface area (Å²) in [5, 5.41) is 4.21. The molecule has 5 nitrogen and oxygen atoms in total. The molecule has 0 unspecified atom stereocenters. The zero-order valence-corrected chi connectivity index (χ0v) is 14.3. The Morgan fingerprint density at radius 1 is 1.47 bits per heavy atom. The number of rotatable bonds is 2. The number of guanidine groups is 1. The molecule has 0 bridgehead atoms. The smallest absolute Gasteiger partial charge is 0.191 e. The number of piperidine rings is 1. The number of nitrogens with two attached hydrogens (primary N) is 1. The zero-order valence-electron chi connectivity index (χ0n) is 12.0. The summed E-state index contributed by atoms with van der Waals surface area (Å²) < 4.78 is 1.86. The van der Waals surface area contributed by atoms with E-state index in [9.17, 15) is 0 Å². The lowest BCUT2D eigenvalue weighted by molar-refractivity contribution is 0.277. The van der Waals surface area contributed by atoms with Crippen LogP contribution in [0.5, 0.6) is 0 Å². The third kappa shape index (κ3) is 4.09. The van der Waals surface area contributed by atoms with Crippen molar-refractivity contribution in [1.29, 1.82) is 0 Å². The van der Waals surface area contributed by atoms with Crippen molar-refractivity contribution in [2.24, 2.45) is 23.7 Å². The van der Waals surface area contributed by atoms with E-state index in [-0.39, 0.29) is 24.0 Å². The molecule has 2 heterocycles. The van der Waals surface area contributed by atoms with E-state index in [4.69, 9.17) is 5.73 Å². The number of likely N-dealkylation sites (tertiary alicyclic amines) is 1. The summed E-state index contributed by atoms with van der Waals surface area (Å²) in [6.45, 7) is 7.03. The summed E-state index contributed by atoms with van der Waals surface area (Å²) in [7, 11) is 1.94. The number of hydrogen-bond acceptors (Lipinski definition) is 2. The van der Waals surface area contributed by atoms with E-state index in [1.165, 1.54) is 12.8 Å². The molecule has 2 N–H and O–H groups in total. The second-order valence-corrected chi connectivity index (χ2v) is 5.22. The van der Waals surface area contributed by atoms with E-state index >= 15 is 0 Å². The second kappa shape index (κ2) is 7.12. The van der Waals surface area contributed by atoms with Crippen LogP contribution in [-0.2, 0) is 13.6 Å². The Morgan fingerprint density at radius 2 is 2.11 bits per heavy atom. The third-order valence-corrected chi connectivity index (χ3v) is 3.86. The molecule has 0 aliphatic carbocycles. The van der Waals surface area contributed by atoms with Crippen molar-refractivity contribution < 1.29 is 0 Å². The number of nitrogens with zero attached hydrogens (tertiary/aromatic N) is 4. The minimum Gasteiger partial charge on any atom is -0.370 e. The van der Waals surface area contributed by atoms with Gasteiger partial charge in [-0.1, -0.05) is 6.92 Å². The van der Waals surface area contributed by atoms with E-state index in [0.29, 0.717) is 12.5 Å². The van der Waals surface area contributed by atoms with Crippen molar-refractivity contribution in [3.63, 3.8) is 0 Å². The van der Waals surface area contributed by atoms with Gasteiger partial charge in [0, 0.05) is 31.4 Å². The standard InChI is InChI=1S/C13H23N5.HI/c1-10-4-6-18(7-5-10)13(14)15-8-12-9-16-17(3)11(12)2;/h9-10H,4-8H2,1-3H3,(H2,14,15);1H. The van der Waals surface area contributed by atoms with Crippen molar-refractivity contribution in [3.05, 3.63) is 17.5 Å². The van der Waals surface area contributed by atoms with Crippen LogP contribution in [0.3, 0.4) is 0 Å². The fraction of sp³-hybridized carbons (Fsp3) is 0.692. The topological polar surface area (TPSA) is 59.4 Å². The summed E-state index contributed by atoms with van der Waals surface area (Å²) in [6, 6.07) is 0. The SMILES string of the molecule is Cc1c(CN=C(N)N2CCC(C)CC2)cnn1C.I. The van der Waals surface area contributed by atoms with Crippen LogP contribution in [0.15, 0.2) is 11.2 Å². The van der Waals surface area contributed by atoms with Gasteiger partial charge in [0.1, 0.15) is 0 Å². The zero-order chi connectivity index (χ0) is 13.1. The fourth-order valence-corrected chi connectivity index (χ4v) is 2.20. The van der Waals surface area contributed by atoms with Gasteiger partial charge >= 0.3 is 0 Å². The Labute approximate surface area is 132 Å². The van der Waals surface area contributed by atoms with Crippen molar-refractivity contribution in [2.75, 3.05) is 13.1 Å². The summed E-state index contributed by atoms with van der Waals surface area (Å²) in [5.74, 6) is 1.49. The predicted molar refractivity (Wildman–Crippen MR) is 88.7 cm³/mol. The molecule has 0 amide bonds. The van der Waals surface area contributed by atoms with Gasteiger partial charge in [-0.3, -0.25) is 4.68 Å². The summed E-state index contributed by atoms with van der Waals surface area (Å²) >= 11 is 0. The van der Waals surface area contributed by atoms with Crippen molar-refractivity contribution in [3.8, 4) is 0 Å². The van der Waals surface area contributed by atoms with Gasteiger partial charge in [-0.25, -0.2) is 4.99 Å². The molecule has 1 fully saturated rings. The minimum atomic E-state index is 0. The highest BCUT2D eigenvalue weighted by molar-refractivity contribution is 14.0.